The molecule has 2 aromatic heterocycles. The van der Waals surface area contributed by atoms with Gasteiger partial charge in [-0.1, -0.05) is 6.92 Å². The first kappa shape index (κ1) is 17.4. The van der Waals surface area contributed by atoms with Gasteiger partial charge in [0, 0.05) is 0 Å². The fourth-order valence-electron chi connectivity index (χ4n) is 4.01. The van der Waals surface area contributed by atoms with Crippen molar-refractivity contribution >= 4 is 17.1 Å². The third kappa shape index (κ3) is 2.45. The fourth-order valence-corrected chi connectivity index (χ4v) is 4.01. The SMILES string of the molecule is CCOc1nc(N)nc2c1ncn2[C@@H]1O[C@H](CC)[C@H]2OC(C)(C)O[C@]21C. The average molecular weight is 363 g/mol. The lowest BCUT2D eigenvalue weighted by Gasteiger charge is -2.30. The van der Waals surface area contributed by atoms with Crippen LogP contribution in [-0.4, -0.2) is 49.7 Å². The Balaban J connectivity index is 1.82. The van der Waals surface area contributed by atoms with Gasteiger partial charge in [0.15, 0.2) is 23.2 Å². The van der Waals surface area contributed by atoms with Crippen LogP contribution in [0.15, 0.2) is 6.33 Å². The van der Waals surface area contributed by atoms with Crippen LogP contribution in [-0.2, 0) is 14.2 Å². The minimum atomic E-state index is -0.685. The highest BCUT2D eigenvalue weighted by Gasteiger charge is 2.63. The summed E-state index contributed by atoms with van der Waals surface area (Å²) in [6, 6.07) is 0. The zero-order valence-electron chi connectivity index (χ0n) is 15.7. The Morgan fingerprint density at radius 3 is 2.73 bits per heavy atom. The maximum atomic E-state index is 6.30. The number of ether oxygens (including phenoxy) is 4. The molecule has 4 atom stereocenters. The van der Waals surface area contributed by atoms with Crippen LogP contribution in [0.2, 0.25) is 0 Å². The largest absolute Gasteiger partial charge is 0.476 e. The van der Waals surface area contributed by atoms with E-state index < -0.39 is 17.6 Å². The minimum Gasteiger partial charge on any atom is -0.476 e. The van der Waals surface area contributed by atoms with Crippen LogP contribution in [0.3, 0.4) is 0 Å². The van der Waals surface area contributed by atoms with Gasteiger partial charge in [0.1, 0.15) is 11.7 Å². The molecule has 2 aromatic rings. The molecule has 0 spiro atoms. The number of nitrogens with two attached hydrogens (primary N) is 1. The first-order valence-electron chi connectivity index (χ1n) is 8.95. The Labute approximate surface area is 151 Å². The Bertz CT molecular complexity index is 838. The van der Waals surface area contributed by atoms with E-state index in [2.05, 4.69) is 21.9 Å². The smallest absolute Gasteiger partial charge is 0.247 e. The van der Waals surface area contributed by atoms with Crippen molar-refractivity contribution in [3.8, 4) is 5.88 Å². The van der Waals surface area contributed by atoms with Gasteiger partial charge in [0.25, 0.3) is 0 Å². The third-order valence-electron chi connectivity index (χ3n) is 4.92. The molecule has 0 aliphatic carbocycles. The number of fused-ring (bicyclic) bond motifs is 2. The predicted octanol–water partition coefficient (Wildman–Crippen LogP) is 2.02. The second-order valence-corrected chi connectivity index (χ2v) is 7.30. The molecule has 0 unspecified atom stereocenters. The maximum Gasteiger partial charge on any atom is 0.247 e. The molecular formula is C17H25N5O4. The van der Waals surface area contributed by atoms with Crippen LogP contribution in [0.5, 0.6) is 5.88 Å². The van der Waals surface area contributed by atoms with Crippen LogP contribution in [0.1, 0.15) is 47.3 Å². The van der Waals surface area contributed by atoms with E-state index in [0.717, 1.165) is 6.42 Å². The molecule has 0 radical (unpaired) electrons. The zero-order chi connectivity index (χ0) is 18.7. The molecular weight excluding hydrogens is 338 g/mol. The van der Waals surface area contributed by atoms with Crippen molar-refractivity contribution in [3.63, 3.8) is 0 Å². The van der Waals surface area contributed by atoms with Crippen LogP contribution < -0.4 is 10.5 Å². The molecule has 0 saturated carbocycles. The van der Waals surface area contributed by atoms with E-state index in [1.807, 2.05) is 32.3 Å². The number of imidazole rings is 1. The summed E-state index contributed by atoms with van der Waals surface area (Å²) in [4.78, 5) is 12.9. The number of anilines is 1. The molecule has 142 valence electrons. The lowest BCUT2D eigenvalue weighted by Crippen LogP contribution is -2.41. The summed E-state index contributed by atoms with van der Waals surface area (Å²) < 4.78 is 26.1. The monoisotopic (exact) mass is 363 g/mol. The summed E-state index contributed by atoms with van der Waals surface area (Å²) in [5, 5.41) is 0. The molecule has 0 amide bonds. The van der Waals surface area contributed by atoms with Gasteiger partial charge in [-0.25, -0.2) is 4.98 Å². The quantitative estimate of drug-likeness (QED) is 0.879. The number of rotatable bonds is 4. The zero-order valence-corrected chi connectivity index (χ0v) is 15.7. The highest BCUT2D eigenvalue weighted by atomic mass is 16.8. The van der Waals surface area contributed by atoms with Gasteiger partial charge in [0.05, 0.1) is 19.0 Å². The lowest BCUT2D eigenvalue weighted by molar-refractivity contribution is -0.214. The van der Waals surface area contributed by atoms with Crippen molar-refractivity contribution < 1.29 is 18.9 Å². The van der Waals surface area contributed by atoms with E-state index in [4.69, 9.17) is 24.7 Å². The van der Waals surface area contributed by atoms with Gasteiger partial charge in [-0.05, 0) is 34.1 Å². The number of hydrogen-bond acceptors (Lipinski definition) is 8. The van der Waals surface area contributed by atoms with Crippen LogP contribution in [0.25, 0.3) is 11.2 Å². The number of nitrogen functional groups attached to an aromatic ring is 1. The fraction of sp³-hybridized carbons (Fsp3) is 0.706. The van der Waals surface area contributed by atoms with Crippen molar-refractivity contribution in [1.82, 2.24) is 19.5 Å². The number of aromatic nitrogens is 4. The van der Waals surface area contributed by atoms with Crippen molar-refractivity contribution in [3.05, 3.63) is 6.33 Å². The maximum absolute atomic E-state index is 6.30. The molecule has 9 nitrogen and oxygen atoms in total. The van der Waals surface area contributed by atoms with Gasteiger partial charge in [0.2, 0.25) is 11.8 Å². The van der Waals surface area contributed by atoms with E-state index in [9.17, 15) is 0 Å². The topological polar surface area (TPSA) is 107 Å². The third-order valence-corrected chi connectivity index (χ3v) is 4.92. The van der Waals surface area contributed by atoms with Crippen molar-refractivity contribution in [1.29, 1.82) is 0 Å². The highest BCUT2D eigenvalue weighted by Crippen LogP contribution is 2.52. The molecule has 2 aliphatic rings. The Hall–Kier alpha value is -1.97. The van der Waals surface area contributed by atoms with E-state index >= 15 is 0 Å². The van der Waals surface area contributed by atoms with Crippen LogP contribution in [0, 0.1) is 0 Å². The number of nitrogens with zero attached hydrogens (tertiary/aromatic N) is 4. The molecule has 2 saturated heterocycles. The summed E-state index contributed by atoms with van der Waals surface area (Å²) in [7, 11) is 0. The van der Waals surface area contributed by atoms with Crippen molar-refractivity contribution in [2.24, 2.45) is 0 Å². The Morgan fingerprint density at radius 1 is 1.27 bits per heavy atom. The lowest BCUT2D eigenvalue weighted by atomic mass is 9.95. The molecule has 4 heterocycles. The second kappa shape index (κ2) is 5.77. The number of hydrogen-bond donors (Lipinski definition) is 1. The Morgan fingerprint density at radius 2 is 2.04 bits per heavy atom. The van der Waals surface area contributed by atoms with Crippen LogP contribution >= 0.6 is 0 Å². The summed E-state index contributed by atoms with van der Waals surface area (Å²) in [6.45, 7) is 10.2. The molecule has 4 rings (SSSR count). The standard InChI is InChI=1S/C17H25N5O4/c1-6-9-11-17(5,26-16(3,4)25-11)14(24-9)22-8-19-10-12(22)20-15(18)21-13(10)23-7-2/h8-9,11,14H,6-7H2,1-5H3,(H2,18,20,21)/t9-,11-,14-,17-/m1/s1. The van der Waals surface area contributed by atoms with Crippen LogP contribution in [0.4, 0.5) is 5.95 Å². The van der Waals surface area contributed by atoms with E-state index in [1.54, 1.807) is 6.33 Å². The van der Waals surface area contributed by atoms with Crippen molar-refractivity contribution in [2.45, 2.75) is 70.9 Å². The average Bonchev–Trinajstić information content (AvgIpc) is 3.14. The minimum absolute atomic E-state index is 0.0882. The first-order chi connectivity index (χ1) is 12.3. The van der Waals surface area contributed by atoms with Gasteiger partial charge >= 0.3 is 0 Å². The van der Waals surface area contributed by atoms with Crippen molar-refractivity contribution in [2.75, 3.05) is 12.3 Å². The predicted molar refractivity (Wildman–Crippen MR) is 93.5 cm³/mol. The van der Waals surface area contributed by atoms with E-state index in [-0.39, 0.29) is 18.2 Å². The van der Waals surface area contributed by atoms with Gasteiger partial charge < -0.3 is 24.7 Å². The van der Waals surface area contributed by atoms with E-state index in [1.165, 1.54) is 0 Å². The second-order valence-electron chi connectivity index (χ2n) is 7.30. The highest BCUT2D eigenvalue weighted by molar-refractivity contribution is 5.77. The van der Waals surface area contributed by atoms with Gasteiger partial charge in [-0.2, -0.15) is 9.97 Å². The molecule has 2 fully saturated rings. The van der Waals surface area contributed by atoms with Gasteiger partial charge in [-0.15, -0.1) is 0 Å². The molecule has 9 heteroatoms. The molecule has 26 heavy (non-hydrogen) atoms. The first-order valence-corrected chi connectivity index (χ1v) is 8.95. The Kier molecular flexibility index (Phi) is 3.87. The van der Waals surface area contributed by atoms with Gasteiger partial charge in [-0.3, -0.25) is 4.57 Å². The molecule has 2 N–H and O–H groups in total. The molecule has 0 aromatic carbocycles. The summed E-state index contributed by atoms with van der Waals surface area (Å²) in [5.41, 5.74) is 6.30. The normalized spacial score (nSPS) is 32.9. The van der Waals surface area contributed by atoms with E-state index in [0.29, 0.717) is 23.7 Å². The summed E-state index contributed by atoms with van der Waals surface area (Å²) >= 11 is 0. The summed E-state index contributed by atoms with van der Waals surface area (Å²) in [6.07, 6.45) is 1.75. The molecule has 0 bridgehead atoms. The molecule has 2 aliphatic heterocycles. The summed E-state index contributed by atoms with van der Waals surface area (Å²) in [5.74, 6) is -0.196.